The van der Waals surface area contributed by atoms with Crippen LogP contribution in [0.15, 0.2) is 23.1 Å². The van der Waals surface area contributed by atoms with Crippen molar-refractivity contribution >= 4 is 16.1 Å². The minimum atomic E-state index is -4.06. The molecule has 0 radical (unpaired) electrons. The summed E-state index contributed by atoms with van der Waals surface area (Å²) < 4.78 is 26.0. The van der Waals surface area contributed by atoms with Crippen LogP contribution in [-0.4, -0.2) is 19.6 Å². The van der Waals surface area contributed by atoms with Crippen LogP contribution in [0.2, 0.25) is 0 Å². The van der Waals surface area contributed by atoms with Crippen molar-refractivity contribution in [3.8, 4) is 0 Å². The molecule has 0 spiro atoms. The molecule has 2 N–H and O–H groups in total. The average Bonchev–Trinajstić information content (AvgIpc) is 2.26. The van der Waals surface area contributed by atoms with E-state index in [-0.39, 0.29) is 16.7 Å². The van der Waals surface area contributed by atoms with Crippen molar-refractivity contribution in [3.63, 3.8) is 0 Å². The number of benzene rings is 1. The molecule has 0 aliphatic rings. The van der Waals surface area contributed by atoms with Gasteiger partial charge in [-0.3, -0.25) is 0 Å². The highest BCUT2D eigenvalue weighted by Gasteiger charge is 2.26. The molecule has 0 bridgehead atoms. The maximum Gasteiger partial charge on any atom is 0.418 e. The molecule has 0 fully saturated rings. The predicted molar refractivity (Wildman–Crippen MR) is 73.0 cm³/mol. The molecule has 0 atom stereocenters. The zero-order valence-electron chi connectivity index (χ0n) is 11.5. The van der Waals surface area contributed by atoms with E-state index < -0.39 is 16.1 Å². The van der Waals surface area contributed by atoms with E-state index in [9.17, 15) is 13.2 Å². The van der Waals surface area contributed by atoms with Gasteiger partial charge in [0.05, 0.1) is 4.90 Å². The maximum absolute atomic E-state index is 12.2. The van der Waals surface area contributed by atoms with Crippen molar-refractivity contribution in [2.24, 2.45) is 0 Å². The lowest BCUT2D eigenvalue weighted by Gasteiger charge is -2.19. The minimum Gasteiger partial charge on any atom is -0.464 e. The molecule has 0 saturated carbocycles. The lowest BCUT2D eigenvalue weighted by Crippen LogP contribution is -2.30. The fourth-order valence-corrected chi connectivity index (χ4v) is 3.52. The highest BCUT2D eigenvalue weighted by molar-refractivity contribution is 7.90. The predicted octanol–water partition coefficient (Wildman–Crippen LogP) is 2.89. The average molecular weight is 285 g/mol. The summed E-state index contributed by atoms with van der Waals surface area (Å²) in [6.07, 6.45) is -1.58. The molecule has 0 saturated heterocycles. The van der Waals surface area contributed by atoms with Crippen molar-refractivity contribution in [1.29, 1.82) is 0 Å². The standard InChI is InChI=1S/C13H19NO4S/c1-8(2)10-6-5-7-11(9(3)4)12(10)19(17,18)14-13(15)16/h5-9,14H,1-4H3,(H,15,16). The Labute approximate surface area is 113 Å². The zero-order chi connectivity index (χ0) is 14.8. The van der Waals surface area contributed by atoms with Crippen LogP contribution in [-0.2, 0) is 10.0 Å². The summed E-state index contributed by atoms with van der Waals surface area (Å²) in [4.78, 5) is 10.7. The van der Waals surface area contributed by atoms with E-state index >= 15 is 0 Å². The van der Waals surface area contributed by atoms with Gasteiger partial charge in [0.25, 0.3) is 10.0 Å². The highest BCUT2D eigenvalue weighted by atomic mass is 32.2. The molecule has 0 unspecified atom stereocenters. The lowest BCUT2D eigenvalue weighted by atomic mass is 9.95. The normalized spacial score (nSPS) is 11.9. The first-order valence-corrected chi connectivity index (χ1v) is 7.53. The van der Waals surface area contributed by atoms with E-state index in [1.165, 1.54) is 0 Å². The summed E-state index contributed by atoms with van der Waals surface area (Å²) in [6, 6.07) is 5.23. The Hall–Kier alpha value is -1.56. The molecular weight excluding hydrogens is 266 g/mol. The Morgan fingerprint density at radius 2 is 1.53 bits per heavy atom. The molecule has 1 aromatic carbocycles. The summed E-state index contributed by atoms with van der Waals surface area (Å²) in [5.74, 6) is -0.0295. The van der Waals surface area contributed by atoms with E-state index in [1.54, 1.807) is 22.9 Å². The van der Waals surface area contributed by atoms with Crippen molar-refractivity contribution in [2.75, 3.05) is 0 Å². The van der Waals surface area contributed by atoms with Crippen molar-refractivity contribution in [3.05, 3.63) is 29.3 Å². The first kappa shape index (κ1) is 15.5. The summed E-state index contributed by atoms with van der Waals surface area (Å²) >= 11 is 0. The number of sulfonamides is 1. The first-order chi connectivity index (χ1) is 8.66. The number of carboxylic acid groups (broad SMARTS) is 1. The Morgan fingerprint density at radius 1 is 1.11 bits per heavy atom. The Bertz CT molecular complexity index is 550. The van der Waals surface area contributed by atoms with Gasteiger partial charge in [-0.1, -0.05) is 45.9 Å². The van der Waals surface area contributed by atoms with Gasteiger partial charge in [0.15, 0.2) is 0 Å². The van der Waals surface area contributed by atoms with E-state index in [1.807, 2.05) is 27.7 Å². The molecule has 1 amide bonds. The first-order valence-electron chi connectivity index (χ1n) is 6.05. The third-order valence-electron chi connectivity index (χ3n) is 2.81. The van der Waals surface area contributed by atoms with Crippen molar-refractivity contribution < 1.29 is 18.3 Å². The third-order valence-corrected chi connectivity index (χ3v) is 4.26. The van der Waals surface area contributed by atoms with E-state index in [0.29, 0.717) is 11.1 Å². The molecule has 5 nitrogen and oxygen atoms in total. The SMILES string of the molecule is CC(C)c1cccc(C(C)C)c1S(=O)(=O)NC(=O)O. The maximum atomic E-state index is 12.2. The van der Waals surface area contributed by atoms with Crippen LogP contribution < -0.4 is 4.72 Å². The minimum absolute atomic E-state index is 0.0148. The van der Waals surface area contributed by atoms with E-state index in [4.69, 9.17) is 5.11 Å². The lowest BCUT2D eigenvalue weighted by molar-refractivity contribution is 0.201. The fourth-order valence-electron chi connectivity index (χ4n) is 1.96. The Morgan fingerprint density at radius 3 is 1.84 bits per heavy atom. The van der Waals surface area contributed by atoms with Gasteiger partial charge < -0.3 is 5.11 Å². The number of hydrogen-bond acceptors (Lipinski definition) is 3. The van der Waals surface area contributed by atoms with Gasteiger partial charge in [-0.05, 0) is 23.0 Å². The van der Waals surface area contributed by atoms with Crippen LogP contribution in [0.3, 0.4) is 0 Å². The van der Waals surface area contributed by atoms with E-state index in [2.05, 4.69) is 0 Å². The molecule has 1 aromatic rings. The van der Waals surface area contributed by atoms with Crippen LogP contribution in [0.4, 0.5) is 4.79 Å². The highest BCUT2D eigenvalue weighted by Crippen LogP contribution is 2.31. The molecule has 1 rings (SSSR count). The number of nitrogens with one attached hydrogen (secondary N) is 1. The monoisotopic (exact) mass is 285 g/mol. The summed E-state index contributed by atoms with van der Waals surface area (Å²) in [6.45, 7) is 7.50. The van der Waals surface area contributed by atoms with Crippen LogP contribution in [0, 0.1) is 0 Å². The largest absolute Gasteiger partial charge is 0.464 e. The topological polar surface area (TPSA) is 83.5 Å². The van der Waals surface area contributed by atoms with Gasteiger partial charge >= 0.3 is 6.09 Å². The van der Waals surface area contributed by atoms with Gasteiger partial charge in [-0.25, -0.2) is 17.9 Å². The smallest absolute Gasteiger partial charge is 0.418 e. The van der Waals surface area contributed by atoms with Gasteiger partial charge in [-0.2, -0.15) is 0 Å². The number of rotatable bonds is 4. The molecule has 0 aromatic heterocycles. The fraction of sp³-hybridized carbons (Fsp3) is 0.462. The van der Waals surface area contributed by atoms with Gasteiger partial charge in [0.2, 0.25) is 0 Å². The van der Waals surface area contributed by atoms with Crippen molar-refractivity contribution in [1.82, 2.24) is 4.72 Å². The van der Waals surface area contributed by atoms with Gasteiger partial charge in [0, 0.05) is 0 Å². The number of carbonyl (C=O) groups is 1. The Balaban J connectivity index is 3.58. The molecule has 0 aliphatic heterocycles. The molecule has 6 heteroatoms. The van der Waals surface area contributed by atoms with Crippen LogP contribution in [0.25, 0.3) is 0 Å². The second-order valence-electron chi connectivity index (χ2n) is 4.99. The van der Waals surface area contributed by atoms with Crippen LogP contribution in [0.5, 0.6) is 0 Å². The zero-order valence-corrected chi connectivity index (χ0v) is 12.3. The molecular formula is C13H19NO4S. The van der Waals surface area contributed by atoms with E-state index in [0.717, 1.165) is 0 Å². The van der Waals surface area contributed by atoms with Crippen LogP contribution >= 0.6 is 0 Å². The molecule has 106 valence electrons. The molecule has 19 heavy (non-hydrogen) atoms. The molecule has 0 heterocycles. The Kier molecular flexibility index (Phi) is 4.57. The quantitative estimate of drug-likeness (QED) is 0.891. The second kappa shape index (κ2) is 5.61. The summed E-state index contributed by atoms with van der Waals surface area (Å²) in [7, 11) is -4.06. The van der Waals surface area contributed by atoms with Crippen LogP contribution in [0.1, 0.15) is 50.7 Å². The molecule has 0 aliphatic carbocycles. The van der Waals surface area contributed by atoms with Crippen molar-refractivity contribution in [2.45, 2.75) is 44.4 Å². The second-order valence-corrected chi connectivity index (χ2v) is 6.60. The third kappa shape index (κ3) is 3.47. The summed E-state index contributed by atoms with van der Waals surface area (Å²) in [5.41, 5.74) is 1.25. The van der Waals surface area contributed by atoms with Gasteiger partial charge in [0.1, 0.15) is 0 Å². The number of hydrogen-bond donors (Lipinski definition) is 2. The number of amides is 1. The van der Waals surface area contributed by atoms with Gasteiger partial charge in [-0.15, -0.1) is 0 Å². The summed E-state index contributed by atoms with van der Waals surface area (Å²) in [5, 5.41) is 8.68.